The van der Waals surface area contributed by atoms with Crippen molar-refractivity contribution < 1.29 is 9.47 Å². The van der Waals surface area contributed by atoms with Crippen molar-refractivity contribution in [3.63, 3.8) is 0 Å². The summed E-state index contributed by atoms with van der Waals surface area (Å²) in [6, 6.07) is 0. The van der Waals surface area contributed by atoms with Crippen molar-refractivity contribution >= 4 is 0 Å². The van der Waals surface area contributed by atoms with E-state index in [4.69, 9.17) is 15.9 Å². The molecule has 0 aromatic rings. The quantitative estimate of drug-likeness (QED) is 0.510. The Morgan fingerprint density at radius 3 is 2.58 bits per heavy atom. The maximum Gasteiger partial charge on any atom is 0.170 e. The van der Waals surface area contributed by atoms with Gasteiger partial charge >= 0.3 is 0 Å². The van der Waals surface area contributed by atoms with Gasteiger partial charge in [0.1, 0.15) is 6.10 Å². The molecule has 2 aliphatic rings. The van der Waals surface area contributed by atoms with Crippen LogP contribution in [0.25, 0.3) is 0 Å². The molecule has 1 atom stereocenters. The van der Waals surface area contributed by atoms with Gasteiger partial charge in [-0.15, -0.1) is 6.42 Å². The van der Waals surface area contributed by atoms with Crippen LogP contribution in [0.5, 0.6) is 0 Å². The van der Waals surface area contributed by atoms with Gasteiger partial charge in [0.2, 0.25) is 0 Å². The monoisotopic (exact) mass is 166 g/mol. The first-order chi connectivity index (χ1) is 5.85. The molecule has 0 aromatic carbocycles. The lowest BCUT2D eigenvalue weighted by molar-refractivity contribution is -0.182. The van der Waals surface area contributed by atoms with Crippen LogP contribution in [0.2, 0.25) is 0 Å². The summed E-state index contributed by atoms with van der Waals surface area (Å²) < 4.78 is 11.3. The van der Waals surface area contributed by atoms with E-state index >= 15 is 0 Å². The van der Waals surface area contributed by atoms with Crippen LogP contribution in [0.1, 0.15) is 32.1 Å². The van der Waals surface area contributed by atoms with Gasteiger partial charge < -0.3 is 9.47 Å². The second kappa shape index (κ2) is 3.08. The molecule has 12 heavy (non-hydrogen) atoms. The molecule has 0 N–H and O–H groups in total. The van der Waals surface area contributed by atoms with Crippen LogP contribution in [0, 0.1) is 12.3 Å². The first-order valence-electron chi connectivity index (χ1n) is 4.63. The maximum absolute atomic E-state index is 5.68. The number of ether oxygens (including phenoxy) is 2. The zero-order chi connectivity index (χ0) is 8.44. The van der Waals surface area contributed by atoms with E-state index in [0.29, 0.717) is 6.61 Å². The van der Waals surface area contributed by atoms with Gasteiger partial charge in [0.25, 0.3) is 0 Å². The lowest BCUT2D eigenvalue weighted by atomic mass is 9.94. The van der Waals surface area contributed by atoms with Gasteiger partial charge in [-0.25, -0.2) is 0 Å². The van der Waals surface area contributed by atoms with Gasteiger partial charge in [-0.1, -0.05) is 12.3 Å². The zero-order valence-electron chi connectivity index (χ0n) is 7.21. The topological polar surface area (TPSA) is 18.5 Å². The summed E-state index contributed by atoms with van der Waals surface area (Å²) in [6.45, 7) is 0.580. The van der Waals surface area contributed by atoms with E-state index in [1.807, 2.05) is 0 Å². The number of hydrogen-bond acceptors (Lipinski definition) is 2. The highest BCUT2D eigenvalue weighted by Crippen LogP contribution is 2.37. The van der Waals surface area contributed by atoms with Gasteiger partial charge in [0.05, 0.1) is 6.61 Å². The molecule has 1 aliphatic carbocycles. The van der Waals surface area contributed by atoms with Crippen molar-refractivity contribution in [3.8, 4) is 12.3 Å². The minimum absolute atomic E-state index is 0.108. The van der Waals surface area contributed by atoms with E-state index in [0.717, 1.165) is 12.8 Å². The summed E-state index contributed by atoms with van der Waals surface area (Å²) in [5.41, 5.74) is 0. The number of rotatable bonds is 0. The van der Waals surface area contributed by atoms with Crippen molar-refractivity contribution in [3.05, 3.63) is 0 Å². The summed E-state index contributed by atoms with van der Waals surface area (Å²) in [5.74, 6) is 2.29. The molecule has 2 heteroatoms. The Hall–Kier alpha value is -0.520. The third-order valence-electron chi connectivity index (χ3n) is 2.66. The van der Waals surface area contributed by atoms with Gasteiger partial charge in [0, 0.05) is 12.8 Å². The van der Waals surface area contributed by atoms with Crippen LogP contribution in [0.15, 0.2) is 0 Å². The maximum atomic E-state index is 5.68. The summed E-state index contributed by atoms with van der Waals surface area (Å²) in [6.07, 6.45) is 10.9. The Morgan fingerprint density at radius 1 is 1.25 bits per heavy atom. The molecule has 1 heterocycles. The largest absolute Gasteiger partial charge is 0.346 e. The van der Waals surface area contributed by atoms with Crippen LogP contribution in [-0.4, -0.2) is 18.5 Å². The number of terminal acetylenes is 1. The van der Waals surface area contributed by atoms with Crippen molar-refractivity contribution in [1.82, 2.24) is 0 Å². The van der Waals surface area contributed by atoms with Crippen molar-refractivity contribution in [2.24, 2.45) is 0 Å². The third-order valence-corrected chi connectivity index (χ3v) is 2.66. The average molecular weight is 166 g/mol. The van der Waals surface area contributed by atoms with Crippen molar-refractivity contribution in [1.29, 1.82) is 0 Å². The van der Waals surface area contributed by atoms with E-state index in [1.165, 1.54) is 19.3 Å². The smallest absolute Gasteiger partial charge is 0.170 e. The van der Waals surface area contributed by atoms with Crippen LogP contribution >= 0.6 is 0 Å². The Bertz CT molecular complexity index is 198. The fourth-order valence-corrected chi connectivity index (χ4v) is 1.99. The Kier molecular flexibility index (Phi) is 2.08. The van der Waals surface area contributed by atoms with E-state index in [2.05, 4.69) is 5.92 Å². The second-order valence-corrected chi connectivity index (χ2v) is 3.56. The fraction of sp³-hybridized carbons (Fsp3) is 0.800. The molecule has 1 spiro atoms. The molecule has 0 amide bonds. The lowest BCUT2D eigenvalue weighted by Crippen LogP contribution is -2.33. The van der Waals surface area contributed by atoms with Crippen LogP contribution in [-0.2, 0) is 9.47 Å². The molecule has 2 fully saturated rings. The molecule has 66 valence electrons. The lowest BCUT2D eigenvalue weighted by Gasteiger charge is -2.31. The van der Waals surface area contributed by atoms with Crippen molar-refractivity contribution in [2.75, 3.05) is 6.61 Å². The fourth-order valence-electron chi connectivity index (χ4n) is 1.99. The molecule has 1 aliphatic heterocycles. The minimum atomic E-state index is -0.296. The Labute approximate surface area is 73.2 Å². The zero-order valence-corrected chi connectivity index (χ0v) is 7.21. The minimum Gasteiger partial charge on any atom is -0.346 e. The first kappa shape index (κ1) is 8.10. The predicted octanol–water partition coefficient (Wildman–Crippen LogP) is 1.70. The predicted molar refractivity (Wildman–Crippen MR) is 45.5 cm³/mol. The highest BCUT2D eigenvalue weighted by Gasteiger charge is 2.41. The molecular formula is C10H14O2. The number of hydrogen-bond donors (Lipinski definition) is 0. The molecule has 0 bridgehead atoms. The SMILES string of the molecule is C#CC1COC2(CCCCC2)O1. The van der Waals surface area contributed by atoms with Crippen LogP contribution in [0.4, 0.5) is 0 Å². The second-order valence-electron chi connectivity index (χ2n) is 3.56. The van der Waals surface area contributed by atoms with E-state index in [9.17, 15) is 0 Å². The third kappa shape index (κ3) is 1.35. The Morgan fingerprint density at radius 2 is 2.00 bits per heavy atom. The van der Waals surface area contributed by atoms with E-state index < -0.39 is 0 Å². The molecular weight excluding hydrogens is 152 g/mol. The molecule has 2 rings (SSSR count). The highest BCUT2D eigenvalue weighted by molar-refractivity contribution is 4.99. The first-order valence-corrected chi connectivity index (χ1v) is 4.63. The van der Waals surface area contributed by atoms with Gasteiger partial charge in [0.15, 0.2) is 5.79 Å². The molecule has 1 saturated heterocycles. The normalized spacial score (nSPS) is 33.4. The molecule has 0 radical (unpaired) electrons. The van der Waals surface area contributed by atoms with Crippen LogP contribution < -0.4 is 0 Å². The van der Waals surface area contributed by atoms with E-state index in [-0.39, 0.29) is 11.9 Å². The van der Waals surface area contributed by atoms with E-state index in [1.54, 1.807) is 0 Å². The molecule has 1 saturated carbocycles. The Balaban J connectivity index is 1.99. The van der Waals surface area contributed by atoms with Crippen LogP contribution in [0.3, 0.4) is 0 Å². The molecule has 2 nitrogen and oxygen atoms in total. The average Bonchev–Trinajstić information content (AvgIpc) is 2.50. The highest BCUT2D eigenvalue weighted by atomic mass is 16.7. The molecule has 1 unspecified atom stereocenters. The summed E-state index contributed by atoms with van der Waals surface area (Å²) in [4.78, 5) is 0. The standard InChI is InChI=1S/C10H14O2/c1-2-9-8-11-10(12-9)6-4-3-5-7-10/h1,9H,3-8H2. The van der Waals surface area contributed by atoms with Gasteiger partial charge in [-0.05, 0) is 12.8 Å². The summed E-state index contributed by atoms with van der Waals surface area (Å²) >= 11 is 0. The van der Waals surface area contributed by atoms with Gasteiger partial charge in [-0.3, -0.25) is 0 Å². The van der Waals surface area contributed by atoms with Gasteiger partial charge in [-0.2, -0.15) is 0 Å². The molecule has 0 aromatic heterocycles. The van der Waals surface area contributed by atoms with Crippen molar-refractivity contribution in [2.45, 2.75) is 44.0 Å². The summed E-state index contributed by atoms with van der Waals surface area (Å²) in [7, 11) is 0. The summed E-state index contributed by atoms with van der Waals surface area (Å²) in [5, 5.41) is 0.